The summed E-state index contributed by atoms with van der Waals surface area (Å²) in [5, 5.41) is 12.2. The van der Waals surface area contributed by atoms with Crippen molar-refractivity contribution in [1.29, 1.82) is 0 Å². The minimum atomic E-state index is -3.26. The number of hydrogen-bond donors (Lipinski definition) is 2. The predicted octanol–water partition coefficient (Wildman–Crippen LogP) is -0.524. The van der Waals surface area contributed by atoms with Gasteiger partial charge in [-0.1, -0.05) is 6.92 Å². The summed E-state index contributed by atoms with van der Waals surface area (Å²) in [5.41, 5.74) is -0.525. The average molecular weight is 318 g/mol. The van der Waals surface area contributed by atoms with E-state index in [1.54, 1.807) is 0 Å². The number of carbonyl (C=O) groups is 2. The van der Waals surface area contributed by atoms with Crippen molar-refractivity contribution in [3.8, 4) is 0 Å². The van der Waals surface area contributed by atoms with Crippen molar-refractivity contribution < 1.29 is 23.1 Å². The van der Waals surface area contributed by atoms with Crippen molar-refractivity contribution in [2.45, 2.75) is 32.2 Å². The molecule has 0 saturated carbocycles. The summed E-state index contributed by atoms with van der Waals surface area (Å²) in [6, 6.07) is -0.750. The first-order valence-electron chi connectivity index (χ1n) is 7.17. The Kier molecular flexibility index (Phi) is 4.57. The van der Waals surface area contributed by atoms with Crippen LogP contribution < -0.4 is 5.32 Å². The Morgan fingerprint density at radius 1 is 1.33 bits per heavy atom. The molecule has 2 saturated heterocycles. The number of piperidine rings is 1. The van der Waals surface area contributed by atoms with E-state index in [2.05, 4.69) is 5.32 Å². The molecule has 0 radical (unpaired) electrons. The van der Waals surface area contributed by atoms with Gasteiger partial charge in [0.15, 0.2) is 9.84 Å². The molecule has 8 heteroatoms. The Labute approximate surface area is 124 Å². The molecule has 1 amide bonds. The lowest BCUT2D eigenvalue weighted by atomic mass is 9.79. The van der Waals surface area contributed by atoms with Crippen LogP contribution >= 0.6 is 0 Å². The second-order valence-corrected chi connectivity index (χ2v) is 8.40. The van der Waals surface area contributed by atoms with Crippen LogP contribution in [0.4, 0.5) is 0 Å². The summed E-state index contributed by atoms with van der Waals surface area (Å²) in [6.07, 6.45) is 1.06. The molecule has 2 N–H and O–H groups in total. The maximum atomic E-state index is 12.8. The van der Waals surface area contributed by atoms with Crippen LogP contribution in [0, 0.1) is 5.41 Å². The minimum Gasteiger partial charge on any atom is -0.481 e. The van der Waals surface area contributed by atoms with Crippen LogP contribution in [0.25, 0.3) is 0 Å². The van der Waals surface area contributed by atoms with E-state index in [1.165, 1.54) is 4.90 Å². The molecule has 1 atom stereocenters. The molecule has 21 heavy (non-hydrogen) atoms. The highest BCUT2D eigenvalue weighted by molar-refractivity contribution is 7.91. The molecule has 0 bridgehead atoms. The van der Waals surface area contributed by atoms with E-state index in [-0.39, 0.29) is 30.4 Å². The Balaban J connectivity index is 2.18. The zero-order valence-corrected chi connectivity index (χ0v) is 13.0. The molecule has 1 unspecified atom stereocenters. The first-order valence-corrected chi connectivity index (χ1v) is 9.00. The number of carboxylic acid groups (broad SMARTS) is 1. The molecule has 0 aliphatic carbocycles. The summed E-state index contributed by atoms with van der Waals surface area (Å²) in [7, 11) is -3.26. The standard InChI is InChI=1S/C13H22N2O5S/c1-13(2-4-14-5-3-13)12(18)15-6-7-21(19,20)9-10(15)8-11(16)17/h10,14H,2-9H2,1H3,(H,16,17). The third-order valence-electron chi connectivity index (χ3n) is 4.42. The third-order valence-corrected chi connectivity index (χ3v) is 6.12. The van der Waals surface area contributed by atoms with Crippen LogP contribution in [-0.2, 0) is 19.4 Å². The lowest BCUT2D eigenvalue weighted by Gasteiger charge is -2.42. The van der Waals surface area contributed by atoms with Crippen molar-refractivity contribution in [1.82, 2.24) is 10.2 Å². The van der Waals surface area contributed by atoms with Gasteiger partial charge in [0.2, 0.25) is 5.91 Å². The van der Waals surface area contributed by atoms with Gasteiger partial charge in [-0.3, -0.25) is 9.59 Å². The zero-order valence-electron chi connectivity index (χ0n) is 12.2. The fourth-order valence-corrected chi connectivity index (χ4v) is 4.59. The number of amides is 1. The van der Waals surface area contributed by atoms with E-state index in [1.807, 2.05) is 6.92 Å². The maximum absolute atomic E-state index is 12.8. The fourth-order valence-electron chi connectivity index (χ4n) is 3.06. The molecule has 0 spiro atoms. The zero-order chi connectivity index (χ0) is 15.7. The molecule has 2 rings (SSSR count). The van der Waals surface area contributed by atoms with Gasteiger partial charge in [0.05, 0.1) is 24.0 Å². The minimum absolute atomic E-state index is 0.0802. The molecule has 0 aromatic heterocycles. The second kappa shape index (κ2) is 5.92. The van der Waals surface area contributed by atoms with Crippen LogP contribution in [0.5, 0.6) is 0 Å². The van der Waals surface area contributed by atoms with Gasteiger partial charge in [0, 0.05) is 12.0 Å². The quantitative estimate of drug-likeness (QED) is 0.725. The Morgan fingerprint density at radius 3 is 2.52 bits per heavy atom. The molecule has 0 aromatic carbocycles. The molecular weight excluding hydrogens is 296 g/mol. The van der Waals surface area contributed by atoms with Crippen molar-refractivity contribution in [2.75, 3.05) is 31.1 Å². The van der Waals surface area contributed by atoms with Gasteiger partial charge in [0.1, 0.15) is 0 Å². The third kappa shape index (κ3) is 3.74. The topological polar surface area (TPSA) is 104 Å². The van der Waals surface area contributed by atoms with Gasteiger partial charge in [-0.25, -0.2) is 8.42 Å². The number of hydrogen-bond acceptors (Lipinski definition) is 5. The highest BCUT2D eigenvalue weighted by atomic mass is 32.2. The number of carbonyl (C=O) groups excluding carboxylic acids is 1. The van der Waals surface area contributed by atoms with E-state index in [4.69, 9.17) is 5.11 Å². The smallest absolute Gasteiger partial charge is 0.305 e. The molecular formula is C13H22N2O5S. The average Bonchev–Trinajstić information content (AvgIpc) is 2.37. The lowest BCUT2D eigenvalue weighted by molar-refractivity contribution is -0.147. The maximum Gasteiger partial charge on any atom is 0.305 e. The summed E-state index contributed by atoms with van der Waals surface area (Å²) in [6.45, 7) is 3.48. The molecule has 7 nitrogen and oxygen atoms in total. The number of nitrogens with zero attached hydrogens (tertiary/aromatic N) is 1. The largest absolute Gasteiger partial charge is 0.481 e. The van der Waals surface area contributed by atoms with Crippen molar-refractivity contribution in [3.63, 3.8) is 0 Å². The van der Waals surface area contributed by atoms with Crippen molar-refractivity contribution >= 4 is 21.7 Å². The van der Waals surface area contributed by atoms with Crippen molar-refractivity contribution in [3.05, 3.63) is 0 Å². The molecule has 2 aliphatic heterocycles. The molecule has 2 fully saturated rings. The number of nitrogens with one attached hydrogen (secondary N) is 1. The van der Waals surface area contributed by atoms with Gasteiger partial charge in [-0.05, 0) is 25.9 Å². The van der Waals surface area contributed by atoms with Crippen LogP contribution in [0.2, 0.25) is 0 Å². The first kappa shape index (κ1) is 16.2. The highest BCUT2D eigenvalue weighted by Crippen LogP contribution is 2.32. The SMILES string of the molecule is CC1(C(=O)N2CCS(=O)(=O)CC2CC(=O)O)CCNCC1. The number of carboxylic acids is 1. The number of aliphatic carboxylic acids is 1. The van der Waals surface area contributed by atoms with Crippen LogP contribution in [0.3, 0.4) is 0 Å². The lowest BCUT2D eigenvalue weighted by Crippen LogP contribution is -2.57. The molecule has 120 valence electrons. The van der Waals surface area contributed by atoms with Crippen molar-refractivity contribution in [2.24, 2.45) is 5.41 Å². The fraction of sp³-hybridized carbons (Fsp3) is 0.846. The molecule has 2 heterocycles. The van der Waals surface area contributed by atoms with Crippen LogP contribution in [-0.4, -0.2) is 67.5 Å². The Morgan fingerprint density at radius 2 is 1.95 bits per heavy atom. The monoisotopic (exact) mass is 318 g/mol. The first-order chi connectivity index (χ1) is 9.73. The summed E-state index contributed by atoms with van der Waals surface area (Å²) < 4.78 is 23.5. The molecule has 2 aliphatic rings. The van der Waals surface area contributed by atoms with E-state index >= 15 is 0 Å². The van der Waals surface area contributed by atoms with Crippen LogP contribution in [0.15, 0.2) is 0 Å². The van der Waals surface area contributed by atoms with Gasteiger partial charge in [-0.2, -0.15) is 0 Å². The summed E-state index contributed by atoms with van der Waals surface area (Å²) >= 11 is 0. The second-order valence-electron chi connectivity index (χ2n) is 6.18. The van der Waals surface area contributed by atoms with Gasteiger partial charge >= 0.3 is 5.97 Å². The molecule has 0 aromatic rings. The van der Waals surface area contributed by atoms with Gasteiger partial charge < -0.3 is 15.3 Å². The highest BCUT2D eigenvalue weighted by Gasteiger charge is 2.43. The van der Waals surface area contributed by atoms with E-state index in [9.17, 15) is 18.0 Å². The summed E-state index contributed by atoms with van der Waals surface area (Å²) in [4.78, 5) is 25.2. The number of sulfone groups is 1. The Hall–Kier alpha value is -1.15. The number of rotatable bonds is 3. The van der Waals surface area contributed by atoms with E-state index in [0.717, 1.165) is 13.1 Å². The van der Waals surface area contributed by atoms with Gasteiger partial charge in [0.25, 0.3) is 0 Å². The van der Waals surface area contributed by atoms with E-state index < -0.39 is 27.3 Å². The normalized spacial score (nSPS) is 28.0. The predicted molar refractivity (Wildman–Crippen MR) is 76.6 cm³/mol. The van der Waals surface area contributed by atoms with Gasteiger partial charge in [-0.15, -0.1) is 0 Å². The van der Waals surface area contributed by atoms with E-state index in [0.29, 0.717) is 12.8 Å². The Bertz CT molecular complexity index is 525. The van der Waals surface area contributed by atoms with Crippen LogP contribution in [0.1, 0.15) is 26.2 Å². The summed E-state index contributed by atoms with van der Waals surface area (Å²) in [5.74, 6) is -1.52.